The first kappa shape index (κ1) is 23.3. The SMILES string of the molecule is CC(=O)NC(Cc1ccc(C)cc1)C(=O)NC1CCN(C(=O)Nc2ccc(C)cc2)CC1. The van der Waals surface area contributed by atoms with Crippen LogP contribution in [-0.2, 0) is 16.0 Å². The number of amides is 4. The molecule has 1 fully saturated rings. The molecule has 0 aliphatic carbocycles. The number of benzene rings is 2. The van der Waals surface area contributed by atoms with Gasteiger partial charge in [-0.3, -0.25) is 9.59 Å². The third-order valence-corrected chi connectivity index (χ3v) is 5.69. The Labute approximate surface area is 189 Å². The molecule has 7 nitrogen and oxygen atoms in total. The summed E-state index contributed by atoms with van der Waals surface area (Å²) < 4.78 is 0. The molecule has 170 valence electrons. The lowest BCUT2D eigenvalue weighted by Crippen LogP contribution is -2.53. The van der Waals surface area contributed by atoms with Crippen molar-refractivity contribution in [1.82, 2.24) is 15.5 Å². The summed E-state index contributed by atoms with van der Waals surface area (Å²) in [5.41, 5.74) is 4.05. The predicted molar refractivity (Wildman–Crippen MR) is 125 cm³/mol. The van der Waals surface area contributed by atoms with E-state index in [1.165, 1.54) is 6.92 Å². The first-order valence-corrected chi connectivity index (χ1v) is 11.1. The van der Waals surface area contributed by atoms with Gasteiger partial charge in [0.15, 0.2) is 0 Å². The van der Waals surface area contributed by atoms with E-state index in [1.54, 1.807) is 4.90 Å². The number of rotatable bonds is 6. The molecule has 32 heavy (non-hydrogen) atoms. The summed E-state index contributed by atoms with van der Waals surface area (Å²) in [5.74, 6) is -0.428. The molecule has 0 radical (unpaired) electrons. The fraction of sp³-hybridized carbons (Fsp3) is 0.400. The van der Waals surface area contributed by atoms with Crippen molar-refractivity contribution >= 4 is 23.5 Å². The van der Waals surface area contributed by atoms with Crippen LogP contribution in [0.15, 0.2) is 48.5 Å². The van der Waals surface area contributed by atoms with Gasteiger partial charge in [0.05, 0.1) is 0 Å². The van der Waals surface area contributed by atoms with Gasteiger partial charge in [-0.15, -0.1) is 0 Å². The van der Waals surface area contributed by atoms with Crippen molar-refractivity contribution in [3.8, 4) is 0 Å². The summed E-state index contributed by atoms with van der Waals surface area (Å²) >= 11 is 0. The minimum absolute atomic E-state index is 0.0276. The minimum atomic E-state index is -0.627. The van der Waals surface area contributed by atoms with Crippen LogP contribution in [0.5, 0.6) is 0 Å². The fourth-order valence-electron chi connectivity index (χ4n) is 3.78. The zero-order chi connectivity index (χ0) is 23.1. The number of carbonyl (C=O) groups is 3. The van der Waals surface area contributed by atoms with Gasteiger partial charge in [0.25, 0.3) is 0 Å². The minimum Gasteiger partial charge on any atom is -0.351 e. The Balaban J connectivity index is 1.50. The van der Waals surface area contributed by atoms with E-state index in [2.05, 4.69) is 16.0 Å². The number of nitrogens with one attached hydrogen (secondary N) is 3. The van der Waals surface area contributed by atoms with Gasteiger partial charge in [-0.1, -0.05) is 47.5 Å². The third-order valence-electron chi connectivity index (χ3n) is 5.69. The molecule has 1 saturated heterocycles. The van der Waals surface area contributed by atoms with E-state index < -0.39 is 6.04 Å². The summed E-state index contributed by atoms with van der Waals surface area (Å²) in [4.78, 5) is 38.8. The molecule has 0 saturated carbocycles. The van der Waals surface area contributed by atoms with E-state index in [1.807, 2.05) is 62.4 Å². The van der Waals surface area contributed by atoms with Crippen molar-refractivity contribution in [1.29, 1.82) is 0 Å². The summed E-state index contributed by atoms with van der Waals surface area (Å²) in [6, 6.07) is 14.8. The molecule has 3 N–H and O–H groups in total. The van der Waals surface area contributed by atoms with Gasteiger partial charge in [0.2, 0.25) is 11.8 Å². The van der Waals surface area contributed by atoms with Gasteiger partial charge in [-0.25, -0.2) is 4.79 Å². The quantitative estimate of drug-likeness (QED) is 0.650. The number of aryl methyl sites for hydroxylation is 2. The number of hydrogen-bond acceptors (Lipinski definition) is 3. The summed E-state index contributed by atoms with van der Waals surface area (Å²) in [6.45, 7) is 6.55. The number of likely N-dealkylation sites (tertiary alicyclic amines) is 1. The number of urea groups is 1. The smallest absolute Gasteiger partial charge is 0.321 e. The lowest BCUT2D eigenvalue weighted by Gasteiger charge is -2.33. The Morgan fingerprint density at radius 3 is 2.06 bits per heavy atom. The monoisotopic (exact) mass is 436 g/mol. The van der Waals surface area contributed by atoms with Crippen LogP contribution in [0.1, 0.15) is 36.5 Å². The number of anilines is 1. The Bertz CT molecular complexity index is 933. The molecule has 7 heteroatoms. The molecule has 3 rings (SSSR count). The molecular formula is C25H32N4O3. The number of nitrogens with zero attached hydrogens (tertiary/aromatic N) is 1. The average molecular weight is 437 g/mol. The van der Waals surface area contributed by atoms with E-state index >= 15 is 0 Å². The van der Waals surface area contributed by atoms with Crippen LogP contribution >= 0.6 is 0 Å². The maximum atomic E-state index is 12.9. The Morgan fingerprint density at radius 2 is 1.50 bits per heavy atom. The van der Waals surface area contributed by atoms with Crippen LogP contribution in [0, 0.1) is 13.8 Å². The molecule has 4 amide bonds. The highest BCUT2D eigenvalue weighted by molar-refractivity contribution is 5.89. The number of hydrogen-bond donors (Lipinski definition) is 3. The summed E-state index contributed by atoms with van der Waals surface area (Å²) in [6.07, 6.45) is 1.78. The van der Waals surface area contributed by atoms with E-state index in [0.717, 1.165) is 22.4 Å². The second-order valence-electron chi connectivity index (χ2n) is 8.51. The molecule has 0 aromatic heterocycles. The van der Waals surface area contributed by atoms with Crippen molar-refractivity contribution in [3.63, 3.8) is 0 Å². The van der Waals surface area contributed by atoms with E-state index in [-0.39, 0.29) is 23.9 Å². The molecule has 2 aromatic carbocycles. The molecule has 1 unspecified atom stereocenters. The average Bonchev–Trinajstić information content (AvgIpc) is 2.76. The summed E-state index contributed by atoms with van der Waals surface area (Å²) in [5, 5.41) is 8.74. The van der Waals surface area contributed by atoms with Crippen molar-refractivity contribution in [2.24, 2.45) is 0 Å². The van der Waals surface area contributed by atoms with Crippen LogP contribution in [0.4, 0.5) is 10.5 Å². The highest BCUT2D eigenvalue weighted by Gasteiger charge is 2.27. The Kier molecular flexibility index (Phi) is 7.87. The topological polar surface area (TPSA) is 90.5 Å². The highest BCUT2D eigenvalue weighted by Crippen LogP contribution is 2.15. The molecule has 0 spiro atoms. The molecule has 0 bridgehead atoms. The summed E-state index contributed by atoms with van der Waals surface area (Å²) in [7, 11) is 0. The van der Waals surface area contributed by atoms with Gasteiger partial charge in [0, 0.05) is 38.2 Å². The second-order valence-corrected chi connectivity index (χ2v) is 8.51. The zero-order valence-corrected chi connectivity index (χ0v) is 19.0. The van der Waals surface area contributed by atoms with Crippen LogP contribution in [-0.4, -0.2) is 47.9 Å². The Morgan fingerprint density at radius 1 is 0.938 bits per heavy atom. The van der Waals surface area contributed by atoms with E-state index in [4.69, 9.17) is 0 Å². The number of carbonyl (C=O) groups excluding carboxylic acids is 3. The van der Waals surface area contributed by atoms with Crippen LogP contribution in [0.2, 0.25) is 0 Å². The lowest BCUT2D eigenvalue weighted by atomic mass is 10.0. The first-order chi connectivity index (χ1) is 15.3. The van der Waals surface area contributed by atoms with Crippen LogP contribution < -0.4 is 16.0 Å². The maximum absolute atomic E-state index is 12.9. The van der Waals surface area contributed by atoms with E-state index in [9.17, 15) is 14.4 Å². The molecule has 1 heterocycles. The normalized spacial score (nSPS) is 15.0. The van der Waals surface area contributed by atoms with Gasteiger partial charge in [-0.05, 0) is 44.4 Å². The van der Waals surface area contributed by atoms with Gasteiger partial charge in [0.1, 0.15) is 6.04 Å². The standard InChI is InChI=1S/C25H32N4O3/c1-17-4-8-20(9-5-17)16-23(26-19(3)30)24(31)27-22-12-14-29(15-13-22)25(32)28-21-10-6-18(2)7-11-21/h4-11,22-23H,12-16H2,1-3H3,(H,26,30)(H,27,31)(H,28,32). The molecular weight excluding hydrogens is 404 g/mol. The molecule has 1 aliphatic heterocycles. The van der Waals surface area contributed by atoms with E-state index in [0.29, 0.717) is 32.4 Å². The van der Waals surface area contributed by atoms with Crippen molar-refractivity contribution in [3.05, 3.63) is 65.2 Å². The lowest BCUT2D eigenvalue weighted by molar-refractivity contribution is -0.128. The van der Waals surface area contributed by atoms with Gasteiger partial charge < -0.3 is 20.9 Å². The number of piperidine rings is 1. The van der Waals surface area contributed by atoms with Crippen molar-refractivity contribution in [2.45, 2.75) is 52.1 Å². The highest BCUT2D eigenvalue weighted by atomic mass is 16.2. The largest absolute Gasteiger partial charge is 0.351 e. The second kappa shape index (κ2) is 10.8. The van der Waals surface area contributed by atoms with Gasteiger partial charge in [-0.2, -0.15) is 0 Å². The van der Waals surface area contributed by atoms with Crippen LogP contribution in [0.3, 0.4) is 0 Å². The maximum Gasteiger partial charge on any atom is 0.321 e. The predicted octanol–water partition coefficient (Wildman–Crippen LogP) is 3.16. The Hall–Kier alpha value is -3.35. The fourth-order valence-corrected chi connectivity index (χ4v) is 3.78. The van der Waals surface area contributed by atoms with Crippen molar-refractivity contribution < 1.29 is 14.4 Å². The van der Waals surface area contributed by atoms with Crippen LogP contribution in [0.25, 0.3) is 0 Å². The molecule has 2 aromatic rings. The molecule has 1 atom stereocenters. The van der Waals surface area contributed by atoms with Crippen molar-refractivity contribution in [2.75, 3.05) is 18.4 Å². The first-order valence-electron chi connectivity index (χ1n) is 11.1. The third kappa shape index (κ3) is 6.83. The molecule has 1 aliphatic rings. The van der Waals surface area contributed by atoms with Gasteiger partial charge >= 0.3 is 6.03 Å². The zero-order valence-electron chi connectivity index (χ0n) is 19.0.